The summed E-state index contributed by atoms with van der Waals surface area (Å²) >= 11 is 1.22. The molecule has 1 aromatic carbocycles. The third kappa shape index (κ3) is 5.89. The molecule has 2 N–H and O–H groups in total. The van der Waals surface area contributed by atoms with Crippen molar-refractivity contribution in [1.82, 2.24) is 14.7 Å². The monoisotopic (exact) mass is 475 g/mol. The smallest absolute Gasteiger partial charge is 0.265 e. The van der Waals surface area contributed by atoms with Crippen LogP contribution in [0.5, 0.6) is 0 Å². The van der Waals surface area contributed by atoms with Gasteiger partial charge in [-0.1, -0.05) is 42.8 Å². The van der Waals surface area contributed by atoms with Crippen molar-refractivity contribution >= 4 is 29.5 Å². The van der Waals surface area contributed by atoms with Crippen molar-refractivity contribution in [2.24, 2.45) is 5.92 Å². The minimum Gasteiger partial charge on any atom is -0.370 e. The van der Waals surface area contributed by atoms with E-state index < -0.39 is 0 Å². The first-order valence-electron chi connectivity index (χ1n) is 11.8. The van der Waals surface area contributed by atoms with Gasteiger partial charge in [-0.25, -0.2) is 9.97 Å². The topological polar surface area (TPSA) is 70.2 Å². The number of hydrogen-bond donors (Lipinski definition) is 2. The van der Waals surface area contributed by atoms with Gasteiger partial charge in [0.25, 0.3) is 5.91 Å². The molecule has 0 spiro atoms. The zero-order chi connectivity index (χ0) is 24.1. The standard InChI is InChI=1S/C27H33N5OS/c1-19-10-12-21(13-11-19)14-16-28-23-8-5-9-24(30-23)34-31-26(33)22-7-6-15-29-25(22)32-18-20(2)17-27(32,3)4/h5-13,15,20H,14,16-18H2,1-4H3,(H,28,30)(H,31,33). The second-order valence-electron chi connectivity index (χ2n) is 9.66. The third-order valence-electron chi connectivity index (χ3n) is 6.17. The lowest BCUT2D eigenvalue weighted by Gasteiger charge is -2.33. The lowest BCUT2D eigenvalue weighted by atomic mass is 9.97. The molecule has 1 unspecified atom stereocenters. The molecular weight excluding hydrogens is 442 g/mol. The van der Waals surface area contributed by atoms with Crippen molar-refractivity contribution in [3.8, 4) is 0 Å². The number of carbonyl (C=O) groups excluding carboxylic acids is 1. The maximum absolute atomic E-state index is 13.1. The van der Waals surface area contributed by atoms with Crippen LogP contribution >= 0.6 is 11.9 Å². The molecule has 1 aliphatic rings. The normalized spacial score (nSPS) is 16.9. The summed E-state index contributed by atoms with van der Waals surface area (Å²) in [6, 6.07) is 18.0. The van der Waals surface area contributed by atoms with E-state index in [4.69, 9.17) is 0 Å². The largest absolute Gasteiger partial charge is 0.370 e. The molecule has 1 fully saturated rings. The Balaban J connectivity index is 1.36. The zero-order valence-corrected chi connectivity index (χ0v) is 21.2. The molecule has 7 heteroatoms. The van der Waals surface area contributed by atoms with Crippen LogP contribution in [0.2, 0.25) is 0 Å². The number of nitrogens with one attached hydrogen (secondary N) is 2. The van der Waals surface area contributed by atoms with Gasteiger partial charge in [-0.2, -0.15) is 0 Å². The van der Waals surface area contributed by atoms with Crippen molar-refractivity contribution in [2.45, 2.75) is 51.1 Å². The van der Waals surface area contributed by atoms with E-state index in [0.29, 0.717) is 11.5 Å². The first kappa shape index (κ1) is 24.1. The summed E-state index contributed by atoms with van der Waals surface area (Å²) in [5.74, 6) is 1.94. The van der Waals surface area contributed by atoms with E-state index in [1.54, 1.807) is 6.20 Å². The molecule has 0 radical (unpaired) electrons. The van der Waals surface area contributed by atoms with Crippen molar-refractivity contribution in [1.29, 1.82) is 0 Å². The van der Waals surface area contributed by atoms with Gasteiger partial charge in [0.05, 0.1) is 5.56 Å². The summed E-state index contributed by atoms with van der Waals surface area (Å²) in [6.45, 7) is 10.4. The van der Waals surface area contributed by atoms with Crippen molar-refractivity contribution in [3.63, 3.8) is 0 Å². The Kier molecular flexibility index (Phi) is 7.41. The Morgan fingerprint density at radius 2 is 1.94 bits per heavy atom. The molecule has 178 valence electrons. The van der Waals surface area contributed by atoms with Crippen LogP contribution in [0.3, 0.4) is 0 Å². The molecule has 0 saturated carbocycles. The fourth-order valence-electron chi connectivity index (χ4n) is 4.56. The van der Waals surface area contributed by atoms with Crippen LogP contribution in [0.1, 0.15) is 48.7 Å². The molecule has 34 heavy (non-hydrogen) atoms. The van der Waals surface area contributed by atoms with E-state index >= 15 is 0 Å². The van der Waals surface area contributed by atoms with Gasteiger partial charge in [-0.15, -0.1) is 0 Å². The number of rotatable bonds is 8. The Bertz CT molecular complexity index is 1130. The lowest BCUT2D eigenvalue weighted by molar-refractivity contribution is 0.0984. The number of amides is 1. The number of anilines is 2. The first-order valence-corrected chi connectivity index (χ1v) is 12.6. The average molecular weight is 476 g/mol. The minimum absolute atomic E-state index is 0.0317. The molecule has 1 aliphatic heterocycles. The van der Waals surface area contributed by atoms with Crippen molar-refractivity contribution < 1.29 is 4.79 Å². The molecule has 1 atom stereocenters. The summed E-state index contributed by atoms with van der Waals surface area (Å²) in [6.07, 6.45) is 3.75. The molecule has 3 aromatic rings. The minimum atomic E-state index is -0.164. The second-order valence-corrected chi connectivity index (χ2v) is 10.5. The molecule has 3 heterocycles. The quantitative estimate of drug-likeness (QED) is 0.419. The molecule has 2 aromatic heterocycles. The fourth-order valence-corrected chi connectivity index (χ4v) is 5.16. The number of benzene rings is 1. The molecule has 0 bridgehead atoms. The fraction of sp³-hybridized carbons (Fsp3) is 0.370. The molecule has 6 nitrogen and oxygen atoms in total. The van der Waals surface area contributed by atoms with Gasteiger partial charge in [0.2, 0.25) is 0 Å². The maximum Gasteiger partial charge on any atom is 0.265 e. The van der Waals surface area contributed by atoms with Crippen LogP contribution in [-0.4, -0.2) is 34.5 Å². The number of aryl methyl sites for hydroxylation is 1. The summed E-state index contributed by atoms with van der Waals surface area (Å²) < 4.78 is 2.95. The van der Waals surface area contributed by atoms with Gasteiger partial charge in [0, 0.05) is 36.8 Å². The van der Waals surface area contributed by atoms with Crippen LogP contribution in [0.4, 0.5) is 11.6 Å². The van der Waals surface area contributed by atoms with E-state index in [-0.39, 0.29) is 11.4 Å². The predicted molar refractivity (Wildman–Crippen MR) is 140 cm³/mol. The highest BCUT2D eigenvalue weighted by Gasteiger charge is 2.38. The van der Waals surface area contributed by atoms with Gasteiger partial charge >= 0.3 is 0 Å². The molecule has 0 aliphatic carbocycles. The maximum atomic E-state index is 13.1. The highest BCUT2D eigenvalue weighted by molar-refractivity contribution is 7.97. The Labute approximate surface area is 206 Å². The van der Waals surface area contributed by atoms with Gasteiger partial charge < -0.3 is 10.2 Å². The van der Waals surface area contributed by atoms with E-state index in [1.165, 1.54) is 23.1 Å². The van der Waals surface area contributed by atoms with E-state index in [2.05, 4.69) is 76.9 Å². The summed E-state index contributed by atoms with van der Waals surface area (Å²) in [5.41, 5.74) is 3.11. The Morgan fingerprint density at radius 1 is 1.15 bits per heavy atom. The van der Waals surface area contributed by atoms with Crippen LogP contribution in [0.25, 0.3) is 0 Å². The van der Waals surface area contributed by atoms with Gasteiger partial charge in [-0.05, 0) is 69.4 Å². The zero-order valence-electron chi connectivity index (χ0n) is 20.3. The molecular formula is C27H33N5OS. The average Bonchev–Trinajstić information content (AvgIpc) is 3.10. The second kappa shape index (κ2) is 10.5. The number of hydrogen-bond acceptors (Lipinski definition) is 6. The number of aromatic nitrogens is 2. The van der Waals surface area contributed by atoms with Crippen LogP contribution in [0, 0.1) is 12.8 Å². The van der Waals surface area contributed by atoms with Gasteiger partial charge in [-0.3, -0.25) is 9.52 Å². The SMILES string of the molecule is Cc1ccc(CCNc2cccc(SNC(=O)c3cccnc3N3CC(C)CC3(C)C)n2)cc1. The van der Waals surface area contributed by atoms with Crippen LogP contribution in [0.15, 0.2) is 65.8 Å². The van der Waals surface area contributed by atoms with Crippen LogP contribution < -0.4 is 14.9 Å². The summed E-state index contributed by atoms with van der Waals surface area (Å²) in [5, 5.41) is 4.10. The molecule has 4 rings (SSSR count). The highest BCUT2D eigenvalue weighted by Crippen LogP contribution is 2.37. The number of carbonyl (C=O) groups is 1. The number of pyridine rings is 2. The Hall–Kier alpha value is -3.06. The van der Waals surface area contributed by atoms with E-state index in [0.717, 1.165) is 42.6 Å². The number of nitrogens with zero attached hydrogens (tertiary/aromatic N) is 3. The molecule has 1 amide bonds. The third-order valence-corrected chi connectivity index (χ3v) is 6.90. The predicted octanol–water partition coefficient (Wildman–Crippen LogP) is 5.50. The summed E-state index contributed by atoms with van der Waals surface area (Å²) in [7, 11) is 0. The van der Waals surface area contributed by atoms with Gasteiger partial charge in [0.1, 0.15) is 16.7 Å². The van der Waals surface area contributed by atoms with Crippen LogP contribution in [-0.2, 0) is 6.42 Å². The lowest BCUT2D eigenvalue weighted by Crippen LogP contribution is -2.40. The summed E-state index contributed by atoms with van der Waals surface area (Å²) in [4.78, 5) is 24.5. The highest BCUT2D eigenvalue weighted by atomic mass is 32.2. The van der Waals surface area contributed by atoms with Gasteiger partial charge in [0.15, 0.2) is 0 Å². The molecule has 1 saturated heterocycles. The first-order chi connectivity index (χ1) is 16.3. The Morgan fingerprint density at radius 3 is 2.68 bits per heavy atom. The van der Waals surface area contributed by atoms with E-state index in [1.807, 2.05) is 30.3 Å². The van der Waals surface area contributed by atoms with E-state index in [9.17, 15) is 4.79 Å². The van der Waals surface area contributed by atoms with Crippen molar-refractivity contribution in [3.05, 3.63) is 77.5 Å². The van der Waals surface area contributed by atoms with Crippen molar-refractivity contribution in [2.75, 3.05) is 23.3 Å².